The highest BCUT2D eigenvalue weighted by Crippen LogP contribution is 2.33. The molecule has 1 saturated carbocycles. The van der Waals surface area contributed by atoms with Crippen molar-refractivity contribution in [1.29, 1.82) is 0 Å². The van der Waals surface area contributed by atoms with Gasteiger partial charge in [-0.15, -0.1) is 0 Å². The van der Waals surface area contributed by atoms with Crippen LogP contribution >= 0.6 is 0 Å². The SMILES string of the molecule is CC(CC1CC1)NCc1cnn(C(C)C)c1. The summed E-state index contributed by atoms with van der Waals surface area (Å²) in [6.07, 6.45) is 8.32. The molecular weight excluding hydrogens is 198 g/mol. The van der Waals surface area contributed by atoms with Gasteiger partial charge in [0.15, 0.2) is 0 Å². The van der Waals surface area contributed by atoms with Crippen LogP contribution in [0.4, 0.5) is 0 Å². The molecule has 1 aromatic heterocycles. The first-order valence-corrected chi connectivity index (χ1v) is 6.41. The van der Waals surface area contributed by atoms with E-state index >= 15 is 0 Å². The molecule has 0 aliphatic heterocycles. The Labute approximate surface area is 98.2 Å². The highest BCUT2D eigenvalue weighted by atomic mass is 15.3. The van der Waals surface area contributed by atoms with Crippen molar-refractivity contribution in [3.05, 3.63) is 18.0 Å². The molecule has 3 heteroatoms. The van der Waals surface area contributed by atoms with Crippen LogP contribution in [-0.4, -0.2) is 15.8 Å². The molecule has 1 fully saturated rings. The number of aromatic nitrogens is 2. The molecular formula is C13H23N3. The fourth-order valence-corrected chi connectivity index (χ4v) is 1.98. The van der Waals surface area contributed by atoms with Gasteiger partial charge in [0.25, 0.3) is 0 Å². The van der Waals surface area contributed by atoms with Crippen molar-refractivity contribution >= 4 is 0 Å². The third-order valence-electron chi connectivity index (χ3n) is 3.22. The van der Waals surface area contributed by atoms with Gasteiger partial charge in [0.2, 0.25) is 0 Å². The molecule has 0 radical (unpaired) electrons. The van der Waals surface area contributed by atoms with E-state index in [9.17, 15) is 0 Å². The predicted octanol–water partition coefficient (Wildman–Crippen LogP) is 2.74. The second-order valence-corrected chi connectivity index (χ2v) is 5.38. The Hall–Kier alpha value is -0.830. The monoisotopic (exact) mass is 221 g/mol. The van der Waals surface area contributed by atoms with Crippen molar-refractivity contribution in [1.82, 2.24) is 15.1 Å². The van der Waals surface area contributed by atoms with E-state index in [0.717, 1.165) is 12.5 Å². The molecule has 0 saturated heterocycles. The van der Waals surface area contributed by atoms with Gasteiger partial charge in [0, 0.05) is 30.4 Å². The third-order valence-corrected chi connectivity index (χ3v) is 3.22. The summed E-state index contributed by atoms with van der Waals surface area (Å²) in [4.78, 5) is 0. The summed E-state index contributed by atoms with van der Waals surface area (Å²) in [7, 11) is 0. The topological polar surface area (TPSA) is 29.9 Å². The Morgan fingerprint density at radius 3 is 2.75 bits per heavy atom. The second kappa shape index (κ2) is 5.00. The van der Waals surface area contributed by atoms with Crippen LogP contribution in [0.5, 0.6) is 0 Å². The summed E-state index contributed by atoms with van der Waals surface area (Å²) in [5, 5.41) is 7.91. The summed E-state index contributed by atoms with van der Waals surface area (Å²) in [6, 6.07) is 1.09. The Morgan fingerprint density at radius 2 is 2.19 bits per heavy atom. The van der Waals surface area contributed by atoms with Gasteiger partial charge in [-0.05, 0) is 33.1 Å². The smallest absolute Gasteiger partial charge is 0.0534 e. The zero-order valence-electron chi connectivity index (χ0n) is 10.6. The quantitative estimate of drug-likeness (QED) is 0.800. The maximum Gasteiger partial charge on any atom is 0.0534 e. The molecule has 0 amide bonds. The van der Waals surface area contributed by atoms with Crippen LogP contribution in [0.3, 0.4) is 0 Å². The number of nitrogens with one attached hydrogen (secondary N) is 1. The lowest BCUT2D eigenvalue weighted by Gasteiger charge is -2.12. The first kappa shape index (κ1) is 11.6. The van der Waals surface area contributed by atoms with Crippen LogP contribution in [-0.2, 0) is 6.54 Å². The van der Waals surface area contributed by atoms with E-state index in [1.807, 2.05) is 10.9 Å². The molecule has 1 aliphatic carbocycles. The molecule has 1 aromatic rings. The number of rotatable bonds is 6. The molecule has 1 aliphatic rings. The maximum atomic E-state index is 4.34. The van der Waals surface area contributed by atoms with Crippen LogP contribution in [0.25, 0.3) is 0 Å². The minimum Gasteiger partial charge on any atom is -0.310 e. The van der Waals surface area contributed by atoms with Crippen molar-refractivity contribution in [3.63, 3.8) is 0 Å². The van der Waals surface area contributed by atoms with Gasteiger partial charge in [-0.2, -0.15) is 5.10 Å². The standard InChI is InChI=1S/C13H23N3/c1-10(2)16-9-13(8-15-16)7-14-11(3)6-12-4-5-12/h8-12,14H,4-7H2,1-3H3. The van der Waals surface area contributed by atoms with Gasteiger partial charge in [-0.3, -0.25) is 4.68 Å². The molecule has 90 valence electrons. The van der Waals surface area contributed by atoms with Crippen molar-refractivity contribution in [2.45, 2.75) is 58.7 Å². The van der Waals surface area contributed by atoms with Crippen molar-refractivity contribution in [3.8, 4) is 0 Å². The molecule has 1 N–H and O–H groups in total. The summed E-state index contributed by atoms with van der Waals surface area (Å²) in [5.74, 6) is 1.00. The minimum absolute atomic E-state index is 0.456. The minimum atomic E-state index is 0.456. The van der Waals surface area contributed by atoms with Gasteiger partial charge in [0.1, 0.15) is 0 Å². The van der Waals surface area contributed by atoms with E-state index in [1.54, 1.807) is 0 Å². The Kier molecular flexibility index (Phi) is 3.64. The largest absolute Gasteiger partial charge is 0.310 e. The fourth-order valence-electron chi connectivity index (χ4n) is 1.98. The summed E-state index contributed by atoms with van der Waals surface area (Å²) < 4.78 is 2.02. The summed E-state index contributed by atoms with van der Waals surface area (Å²) in [6.45, 7) is 7.53. The van der Waals surface area contributed by atoms with Crippen LogP contribution < -0.4 is 5.32 Å². The zero-order chi connectivity index (χ0) is 11.5. The molecule has 1 unspecified atom stereocenters. The van der Waals surface area contributed by atoms with E-state index in [2.05, 4.69) is 37.4 Å². The van der Waals surface area contributed by atoms with E-state index in [0.29, 0.717) is 12.1 Å². The molecule has 0 spiro atoms. The van der Waals surface area contributed by atoms with E-state index in [-0.39, 0.29) is 0 Å². The molecule has 1 heterocycles. The van der Waals surface area contributed by atoms with Gasteiger partial charge in [-0.25, -0.2) is 0 Å². The lowest BCUT2D eigenvalue weighted by atomic mass is 10.1. The van der Waals surface area contributed by atoms with Crippen molar-refractivity contribution in [2.24, 2.45) is 5.92 Å². The van der Waals surface area contributed by atoms with Crippen LogP contribution in [0.15, 0.2) is 12.4 Å². The maximum absolute atomic E-state index is 4.34. The summed E-state index contributed by atoms with van der Waals surface area (Å²) >= 11 is 0. The van der Waals surface area contributed by atoms with Crippen LogP contribution in [0.1, 0.15) is 51.6 Å². The Morgan fingerprint density at radius 1 is 1.44 bits per heavy atom. The highest BCUT2D eigenvalue weighted by molar-refractivity contribution is 5.04. The van der Waals surface area contributed by atoms with Gasteiger partial charge in [-0.1, -0.05) is 12.8 Å². The molecule has 1 atom stereocenters. The van der Waals surface area contributed by atoms with Crippen LogP contribution in [0.2, 0.25) is 0 Å². The average Bonchev–Trinajstić information content (AvgIpc) is 2.91. The lowest BCUT2D eigenvalue weighted by molar-refractivity contribution is 0.486. The Bertz CT molecular complexity index is 326. The van der Waals surface area contributed by atoms with E-state index in [1.165, 1.54) is 24.8 Å². The average molecular weight is 221 g/mol. The fraction of sp³-hybridized carbons (Fsp3) is 0.769. The summed E-state index contributed by atoms with van der Waals surface area (Å²) in [5.41, 5.74) is 1.29. The van der Waals surface area contributed by atoms with Crippen molar-refractivity contribution in [2.75, 3.05) is 0 Å². The second-order valence-electron chi connectivity index (χ2n) is 5.38. The first-order valence-electron chi connectivity index (χ1n) is 6.41. The van der Waals surface area contributed by atoms with Crippen molar-refractivity contribution < 1.29 is 0 Å². The van der Waals surface area contributed by atoms with Gasteiger partial charge < -0.3 is 5.32 Å². The molecule has 0 bridgehead atoms. The van der Waals surface area contributed by atoms with Gasteiger partial charge >= 0.3 is 0 Å². The molecule has 3 nitrogen and oxygen atoms in total. The van der Waals surface area contributed by atoms with Gasteiger partial charge in [0.05, 0.1) is 6.20 Å². The van der Waals surface area contributed by atoms with E-state index in [4.69, 9.17) is 0 Å². The molecule has 16 heavy (non-hydrogen) atoms. The van der Waals surface area contributed by atoms with Crippen LogP contribution in [0, 0.1) is 5.92 Å². The zero-order valence-corrected chi connectivity index (χ0v) is 10.6. The third kappa shape index (κ3) is 3.34. The predicted molar refractivity (Wildman–Crippen MR) is 66.3 cm³/mol. The molecule has 0 aromatic carbocycles. The highest BCUT2D eigenvalue weighted by Gasteiger charge is 2.23. The normalized spacial score (nSPS) is 18.0. The molecule has 2 rings (SSSR count). The number of hydrogen-bond donors (Lipinski definition) is 1. The number of nitrogens with zero attached hydrogens (tertiary/aromatic N) is 2. The number of hydrogen-bond acceptors (Lipinski definition) is 2. The Balaban J connectivity index is 1.74. The lowest BCUT2D eigenvalue weighted by Crippen LogP contribution is -2.25. The van der Waals surface area contributed by atoms with E-state index < -0.39 is 0 Å². The first-order chi connectivity index (χ1) is 7.65.